The zero-order valence-electron chi connectivity index (χ0n) is 12.8. The zero-order chi connectivity index (χ0) is 14.7. The average molecular weight is 285 g/mol. The van der Waals surface area contributed by atoms with Gasteiger partial charge in [-0.1, -0.05) is 32.3 Å². The van der Waals surface area contributed by atoms with Crippen molar-refractivity contribution in [2.75, 3.05) is 5.32 Å². The Labute approximate surface area is 126 Å². The second-order valence-electron chi connectivity index (χ2n) is 6.06. The predicted molar refractivity (Wildman–Crippen MR) is 84.1 cm³/mol. The SMILES string of the molecule is CCC1CCCC(Nc2cc(-c3nnco3)ccc2C)C1. The molecular formula is C17H23N3O. The molecule has 4 nitrogen and oxygen atoms in total. The van der Waals surface area contributed by atoms with Crippen molar-refractivity contribution in [3.05, 3.63) is 30.2 Å². The van der Waals surface area contributed by atoms with Crippen LogP contribution < -0.4 is 5.32 Å². The maximum atomic E-state index is 5.29. The predicted octanol–water partition coefficient (Wildman–Crippen LogP) is 4.43. The zero-order valence-corrected chi connectivity index (χ0v) is 12.8. The highest BCUT2D eigenvalue weighted by atomic mass is 16.4. The number of hydrogen-bond acceptors (Lipinski definition) is 4. The number of anilines is 1. The number of benzene rings is 1. The fourth-order valence-corrected chi connectivity index (χ4v) is 3.22. The van der Waals surface area contributed by atoms with E-state index in [-0.39, 0.29) is 0 Å². The molecule has 0 bridgehead atoms. The van der Waals surface area contributed by atoms with E-state index in [1.165, 1.54) is 49.7 Å². The van der Waals surface area contributed by atoms with E-state index in [1.807, 2.05) is 6.07 Å². The maximum Gasteiger partial charge on any atom is 0.247 e. The minimum Gasteiger partial charge on any atom is -0.423 e. The van der Waals surface area contributed by atoms with Gasteiger partial charge in [0.25, 0.3) is 0 Å². The lowest BCUT2D eigenvalue weighted by atomic mass is 9.84. The Balaban J connectivity index is 1.77. The first kappa shape index (κ1) is 14.1. The summed E-state index contributed by atoms with van der Waals surface area (Å²) in [6, 6.07) is 6.85. The molecule has 1 aliphatic carbocycles. The Hall–Kier alpha value is -1.84. The van der Waals surface area contributed by atoms with Gasteiger partial charge in [-0.3, -0.25) is 0 Å². The molecule has 3 rings (SSSR count). The standard InChI is InChI=1S/C17H23N3O/c1-3-13-5-4-6-15(9-13)19-16-10-14(8-7-12(16)2)17-20-18-11-21-17/h7-8,10-11,13,15,19H,3-6,9H2,1-2H3. The minimum atomic E-state index is 0.577. The molecule has 1 saturated carbocycles. The molecule has 0 radical (unpaired) electrons. The van der Waals surface area contributed by atoms with Crippen LogP contribution in [0.25, 0.3) is 11.5 Å². The molecule has 1 heterocycles. The molecule has 21 heavy (non-hydrogen) atoms. The van der Waals surface area contributed by atoms with E-state index in [2.05, 4.69) is 41.5 Å². The molecule has 0 aliphatic heterocycles. The fraction of sp³-hybridized carbons (Fsp3) is 0.529. The molecule has 0 amide bonds. The van der Waals surface area contributed by atoms with Crippen LogP contribution in [0, 0.1) is 12.8 Å². The highest BCUT2D eigenvalue weighted by molar-refractivity contribution is 5.64. The van der Waals surface area contributed by atoms with Crippen LogP contribution in [0.3, 0.4) is 0 Å². The normalized spacial score (nSPS) is 22.2. The molecule has 2 aromatic rings. The van der Waals surface area contributed by atoms with Gasteiger partial charge >= 0.3 is 0 Å². The number of nitrogens with one attached hydrogen (secondary N) is 1. The highest BCUT2D eigenvalue weighted by Gasteiger charge is 2.21. The highest BCUT2D eigenvalue weighted by Crippen LogP contribution is 2.31. The smallest absolute Gasteiger partial charge is 0.247 e. The summed E-state index contributed by atoms with van der Waals surface area (Å²) in [5.41, 5.74) is 3.42. The lowest BCUT2D eigenvalue weighted by molar-refractivity contribution is 0.327. The summed E-state index contributed by atoms with van der Waals surface area (Å²) in [5.74, 6) is 1.45. The molecule has 0 spiro atoms. The van der Waals surface area contributed by atoms with Gasteiger partial charge in [0.2, 0.25) is 12.3 Å². The molecule has 1 N–H and O–H groups in total. The van der Waals surface area contributed by atoms with Gasteiger partial charge in [0.15, 0.2) is 0 Å². The van der Waals surface area contributed by atoms with Crippen molar-refractivity contribution in [1.29, 1.82) is 0 Å². The third kappa shape index (κ3) is 3.26. The van der Waals surface area contributed by atoms with Gasteiger partial charge in [0.1, 0.15) is 0 Å². The fourth-order valence-electron chi connectivity index (χ4n) is 3.22. The Bertz CT molecular complexity index is 580. The summed E-state index contributed by atoms with van der Waals surface area (Å²) >= 11 is 0. The molecular weight excluding hydrogens is 262 g/mol. The van der Waals surface area contributed by atoms with Crippen LogP contribution >= 0.6 is 0 Å². The van der Waals surface area contributed by atoms with E-state index in [9.17, 15) is 0 Å². The largest absolute Gasteiger partial charge is 0.423 e. The van der Waals surface area contributed by atoms with Crippen LogP contribution in [-0.2, 0) is 0 Å². The Morgan fingerprint density at radius 1 is 1.33 bits per heavy atom. The molecule has 2 atom stereocenters. The Morgan fingerprint density at radius 2 is 2.24 bits per heavy atom. The van der Waals surface area contributed by atoms with Crippen LogP contribution in [0.15, 0.2) is 29.0 Å². The minimum absolute atomic E-state index is 0.577. The van der Waals surface area contributed by atoms with E-state index < -0.39 is 0 Å². The van der Waals surface area contributed by atoms with E-state index >= 15 is 0 Å². The van der Waals surface area contributed by atoms with Crippen molar-refractivity contribution in [1.82, 2.24) is 10.2 Å². The van der Waals surface area contributed by atoms with Crippen LogP contribution in [-0.4, -0.2) is 16.2 Å². The van der Waals surface area contributed by atoms with E-state index in [0.717, 1.165) is 11.5 Å². The van der Waals surface area contributed by atoms with Gasteiger partial charge in [0, 0.05) is 17.3 Å². The third-order valence-corrected chi connectivity index (χ3v) is 4.56. The molecule has 1 fully saturated rings. The third-order valence-electron chi connectivity index (χ3n) is 4.56. The van der Waals surface area contributed by atoms with E-state index in [1.54, 1.807) is 0 Å². The monoisotopic (exact) mass is 285 g/mol. The lowest BCUT2D eigenvalue weighted by Gasteiger charge is -2.30. The maximum absolute atomic E-state index is 5.29. The van der Waals surface area contributed by atoms with Gasteiger partial charge in [-0.2, -0.15) is 0 Å². The van der Waals surface area contributed by atoms with Crippen LogP contribution in [0.1, 0.15) is 44.6 Å². The summed E-state index contributed by atoms with van der Waals surface area (Å²) in [7, 11) is 0. The van der Waals surface area contributed by atoms with E-state index in [4.69, 9.17) is 4.42 Å². The first-order valence-corrected chi connectivity index (χ1v) is 7.90. The summed E-state index contributed by atoms with van der Waals surface area (Å²) < 4.78 is 5.29. The molecule has 4 heteroatoms. The second kappa shape index (κ2) is 6.29. The summed E-state index contributed by atoms with van der Waals surface area (Å²) in [5, 5.41) is 11.5. The second-order valence-corrected chi connectivity index (χ2v) is 6.06. The Kier molecular flexibility index (Phi) is 4.23. The molecule has 2 unspecified atom stereocenters. The summed E-state index contributed by atoms with van der Waals surface area (Å²) in [6.45, 7) is 4.44. The van der Waals surface area contributed by atoms with Crippen LogP contribution in [0.5, 0.6) is 0 Å². The average Bonchev–Trinajstić information content (AvgIpc) is 3.04. The van der Waals surface area contributed by atoms with Crippen molar-refractivity contribution in [3.8, 4) is 11.5 Å². The molecule has 0 saturated heterocycles. The quantitative estimate of drug-likeness (QED) is 0.903. The van der Waals surface area contributed by atoms with Crippen molar-refractivity contribution >= 4 is 5.69 Å². The van der Waals surface area contributed by atoms with Gasteiger partial charge in [-0.15, -0.1) is 10.2 Å². The number of aromatic nitrogens is 2. The van der Waals surface area contributed by atoms with Gasteiger partial charge in [-0.05, 0) is 43.4 Å². The number of nitrogens with zero attached hydrogens (tertiary/aromatic N) is 2. The van der Waals surface area contributed by atoms with Crippen molar-refractivity contribution in [2.24, 2.45) is 5.92 Å². The van der Waals surface area contributed by atoms with Gasteiger partial charge < -0.3 is 9.73 Å². The topological polar surface area (TPSA) is 51.0 Å². The van der Waals surface area contributed by atoms with Crippen molar-refractivity contribution in [3.63, 3.8) is 0 Å². The van der Waals surface area contributed by atoms with Crippen molar-refractivity contribution < 1.29 is 4.42 Å². The molecule has 1 aromatic carbocycles. The first-order valence-electron chi connectivity index (χ1n) is 7.90. The van der Waals surface area contributed by atoms with E-state index in [0.29, 0.717) is 11.9 Å². The molecule has 112 valence electrons. The summed E-state index contributed by atoms with van der Waals surface area (Å²) in [4.78, 5) is 0. The van der Waals surface area contributed by atoms with Crippen LogP contribution in [0.4, 0.5) is 5.69 Å². The van der Waals surface area contributed by atoms with Gasteiger partial charge in [-0.25, -0.2) is 0 Å². The lowest BCUT2D eigenvalue weighted by Crippen LogP contribution is -2.27. The Morgan fingerprint density at radius 3 is 3.00 bits per heavy atom. The molecule has 1 aliphatic rings. The van der Waals surface area contributed by atoms with Gasteiger partial charge in [0.05, 0.1) is 0 Å². The molecule has 1 aromatic heterocycles. The number of aryl methyl sites for hydroxylation is 1. The number of rotatable bonds is 4. The first-order chi connectivity index (χ1) is 10.3. The van der Waals surface area contributed by atoms with Crippen molar-refractivity contribution in [2.45, 2.75) is 52.0 Å². The summed E-state index contributed by atoms with van der Waals surface area (Å²) in [6.07, 6.45) is 7.92. The number of hydrogen-bond donors (Lipinski definition) is 1. The van der Waals surface area contributed by atoms with Crippen LogP contribution in [0.2, 0.25) is 0 Å².